The molecule has 0 bridgehead atoms. The van der Waals surface area contributed by atoms with Crippen LogP contribution in [0.3, 0.4) is 0 Å². The van der Waals surface area contributed by atoms with Crippen LogP contribution in [-0.4, -0.2) is 17.6 Å². The van der Waals surface area contributed by atoms with E-state index in [2.05, 4.69) is 22.7 Å². The van der Waals surface area contributed by atoms with E-state index in [0.29, 0.717) is 5.56 Å². The Morgan fingerprint density at radius 1 is 1.17 bits per heavy atom. The first-order valence-corrected chi connectivity index (χ1v) is 8.11. The van der Waals surface area contributed by atoms with E-state index in [1.165, 1.54) is 0 Å². The van der Waals surface area contributed by atoms with E-state index in [-0.39, 0.29) is 5.91 Å². The van der Waals surface area contributed by atoms with Crippen LogP contribution in [0.5, 0.6) is 0 Å². The Morgan fingerprint density at radius 2 is 1.91 bits per heavy atom. The van der Waals surface area contributed by atoms with Crippen molar-refractivity contribution in [3.05, 3.63) is 52.4 Å². The summed E-state index contributed by atoms with van der Waals surface area (Å²) in [5.74, 6) is 0.850. The molecule has 2 aromatic rings. The third-order valence-corrected chi connectivity index (χ3v) is 3.84. The number of hydrogen-bond donors (Lipinski definition) is 2. The van der Waals surface area contributed by atoms with Gasteiger partial charge in [-0.15, -0.1) is 0 Å². The summed E-state index contributed by atoms with van der Waals surface area (Å²) < 4.78 is 5.15. The molecule has 124 valence electrons. The van der Waals surface area contributed by atoms with Crippen LogP contribution in [0.4, 0.5) is 0 Å². The molecule has 0 fully saturated rings. The smallest absolute Gasteiger partial charge is 0.251 e. The molecular formula is C18H25N3O2. The van der Waals surface area contributed by atoms with Gasteiger partial charge in [0.15, 0.2) is 0 Å². The fraction of sp³-hybridized carbons (Fsp3) is 0.444. The Hall–Kier alpha value is -2.14. The van der Waals surface area contributed by atoms with E-state index in [0.717, 1.165) is 55.1 Å². The van der Waals surface area contributed by atoms with Gasteiger partial charge >= 0.3 is 0 Å². The molecular weight excluding hydrogens is 290 g/mol. The highest BCUT2D eigenvalue weighted by atomic mass is 16.5. The highest BCUT2D eigenvalue weighted by molar-refractivity contribution is 5.94. The normalized spacial score (nSPS) is 10.7. The van der Waals surface area contributed by atoms with Crippen LogP contribution < -0.4 is 10.6 Å². The summed E-state index contributed by atoms with van der Waals surface area (Å²) >= 11 is 0. The van der Waals surface area contributed by atoms with Crippen LogP contribution in [-0.2, 0) is 13.1 Å². The molecule has 23 heavy (non-hydrogen) atoms. The minimum Gasteiger partial charge on any atom is -0.361 e. The van der Waals surface area contributed by atoms with Gasteiger partial charge in [-0.05, 0) is 38.0 Å². The van der Waals surface area contributed by atoms with Crippen molar-refractivity contribution in [2.24, 2.45) is 0 Å². The monoisotopic (exact) mass is 315 g/mol. The largest absolute Gasteiger partial charge is 0.361 e. The first-order valence-electron chi connectivity index (χ1n) is 8.11. The molecule has 0 atom stereocenters. The molecule has 1 aromatic heterocycles. The van der Waals surface area contributed by atoms with Gasteiger partial charge < -0.3 is 15.2 Å². The highest BCUT2D eigenvalue weighted by Crippen LogP contribution is 2.12. The molecule has 1 heterocycles. The molecule has 0 unspecified atom stereocenters. The van der Waals surface area contributed by atoms with Crippen molar-refractivity contribution < 1.29 is 9.32 Å². The molecule has 2 N–H and O–H groups in total. The van der Waals surface area contributed by atoms with Gasteiger partial charge in [0, 0.05) is 30.8 Å². The van der Waals surface area contributed by atoms with Crippen molar-refractivity contribution in [3.8, 4) is 0 Å². The minimum absolute atomic E-state index is 0.00585. The summed E-state index contributed by atoms with van der Waals surface area (Å²) in [7, 11) is 0. The van der Waals surface area contributed by atoms with Gasteiger partial charge in [0.1, 0.15) is 5.76 Å². The Morgan fingerprint density at radius 3 is 2.52 bits per heavy atom. The fourth-order valence-corrected chi connectivity index (χ4v) is 2.34. The number of aryl methyl sites for hydroxylation is 2. The quantitative estimate of drug-likeness (QED) is 0.735. The Balaban J connectivity index is 1.82. The standard InChI is InChI=1S/C18H25N3O2/c1-4-5-10-20-18(22)16-8-6-15(7-9-16)11-19-12-17-13(2)21-23-14(17)3/h6-9,19H,4-5,10-12H2,1-3H3,(H,20,22). The van der Waals surface area contributed by atoms with E-state index < -0.39 is 0 Å². The third kappa shape index (κ3) is 4.93. The van der Waals surface area contributed by atoms with Gasteiger partial charge in [0.25, 0.3) is 5.91 Å². The van der Waals surface area contributed by atoms with Crippen molar-refractivity contribution in [2.45, 2.75) is 46.7 Å². The molecule has 0 saturated heterocycles. The summed E-state index contributed by atoms with van der Waals surface area (Å²) in [5.41, 5.74) is 3.88. The lowest BCUT2D eigenvalue weighted by Gasteiger charge is -2.07. The van der Waals surface area contributed by atoms with Gasteiger partial charge in [-0.25, -0.2) is 0 Å². The maximum absolute atomic E-state index is 11.9. The lowest BCUT2D eigenvalue weighted by atomic mass is 10.1. The number of unbranched alkanes of at least 4 members (excludes halogenated alkanes) is 1. The van der Waals surface area contributed by atoms with E-state index in [4.69, 9.17) is 4.52 Å². The third-order valence-electron chi connectivity index (χ3n) is 3.84. The molecule has 2 rings (SSSR count). The second kappa shape index (κ2) is 8.48. The van der Waals surface area contributed by atoms with E-state index in [1.807, 2.05) is 38.1 Å². The number of rotatable bonds is 8. The number of carbonyl (C=O) groups is 1. The predicted octanol–water partition coefficient (Wildman–Crippen LogP) is 3.11. The summed E-state index contributed by atoms with van der Waals surface area (Å²) in [6.07, 6.45) is 2.09. The molecule has 5 heteroatoms. The molecule has 0 aliphatic rings. The average Bonchev–Trinajstić information content (AvgIpc) is 2.87. The van der Waals surface area contributed by atoms with Crippen LogP contribution >= 0.6 is 0 Å². The number of nitrogens with zero attached hydrogens (tertiary/aromatic N) is 1. The second-order valence-electron chi connectivity index (χ2n) is 5.71. The number of nitrogens with one attached hydrogen (secondary N) is 2. The summed E-state index contributed by atoms with van der Waals surface area (Å²) in [5, 5.41) is 10.2. The van der Waals surface area contributed by atoms with E-state index in [1.54, 1.807) is 0 Å². The van der Waals surface area contributed by atoms with Crippen LogP contribution in [0, 0.1) is 13.8 Å². The Bertz CT molecular complexity index is 613. The number of amides is 1. The van der Waals surface area contributed by atoms with E-state index >= 15 is 0 Å². The van der Waals surface area contributed by atoms with Gasteiger partial charge in [0.05, 0.1) is 5.69 Å². The van der Waals surface area contributed by atoms with Crippen LogP contribution in [0.25, 0.3) is 0 Å². The van der Waals surface area contributed by atoms with Crippen molar-refractivity contribution >= 4 is 5.91 Å². The number of carbonyl (C=O) groups excluding carboxylic acids is 1. The van der Waals surface area contributed by atoms with Crippen LogP contribution in [0.2, 0.25) is 0 Å². The Labute approximate surface area is 137 Å². The molecule has 0 spiro atoms. The summed E-state index contributed by atoms with van der Waals surface area (Å²) in [6.45, 7) is 8.16. The molecule has 1 aromatic carbocycles. The van der Waals surface area contributed by atoms with E-state index in [9.17, 15) is 4.79 Å². The number of hydrogen-bond acceptors (Lipinski definition) is 4. The maximum Gasteiger partial charge on any atom is 0.251 e. The second-order valence-corrected chi connectivity index (χ2v) is 5.71. The SMILES string of the molecule is CCCCNC(=O)c1ccc(CNCc2c(C)noc2C)cc1. The van der Waals surface area contributed by atoms with Crippen molar-refractivity contribution in [1.82, 2.24) is 15.8 Å². The topological polar surface area (TPSA) is 67.2 Å². The first kappa shape index (κ1) is 17.2. The zero-order valence-electron chi connectivity index (χ0n) is 14.1. The van der Waals surface area contributed by atoms with Crippen LogP contribution in [0.1, 0.15) is 52.7 Å². The van der Waals surface area contributed by atoms with Crippen LogP contribution in [0.15, 0.2) is 28.8 Å². The first-order chi connectivity index (χ1) is 11.1. The predicted molar refractivity (Wildman–Crippen MR) is 90.2 cm³/mol. The zero-order valence-corrected chi connectivity index (χ0v) is 14.1. The highest BCUT2D eigenvalue weighted by Gasteiger charge is 2.08. The van der Waals surface area contributed by atoms with Crippen molar-refractivity contribution in [2.75, 3.05) is 6.54 Å². The molecule has 5 nitrogen and oxygen atoms in total. The average molecular weight is 315 g/mol. The van der Waals surface area contributed by atoms with Gasteiger partial charge in [-0.2, -0.15) is 0 Å². The maximum atomic E-state index is 11.9. The molecule has 0 aliphatic heterocycles. The molecule has 0 saturated carbocycles. The molecule has 0 aliphatic carbocycles. The van der Waals surface area contributed by atoms with Crippen molar-refractivity contribution in [1.29, 1.82) is 0 Å². The lowest BCUT2D eigenvalue weighted by Crippen LogP contribution is -2.24. The van der Waals surface area contributed by atoms with Gasteiger partial charge in [0.2, 0.25) is 0 Å². The van der Waals surface area contributed by atoms with Gasteiger partial charge in [-0.1, -0.05) is 30.6 Å². The zero-order chi connectivity index (χ0) is 16.7. The minimum atomic E-state index is -0.00585. The number of benzene rings is 1. The lowest BCUT2D eigenvalue weighted by molar-refractivity contribution is 0.0953. The van der Waals surface area contributed by atoms with Crippen molar-refractivity contribution in [3.63, 3.8) is 0 Å². The van der Waals surface area contributed by atoms with Gasteiger partial charge in [-0.3, -0.25) is 4.79 Å². The summed E-state index contributed by atoms with van der Waals surface area (Å²) in [4.78, 5) is 11.9. The fourth-order valence-electron chi connectivity index (χ4n) is 2.34. The molecule has 1 amide bonds. The molecule has 0 radical (unpaired) electrons. The Kier molecular flexibility index (Phi) is 6.35. The number of aromatic nitrogens is 1. The summed E-state index contributed by atoms with van der Waals surface area (Å²) in [6, 6.07) is 7.70.